The molecule has 4 nitrogen and oxygen atoms in total. The molecule has 4 heteroatoms. The van der Waals surface area contributed by atoms with E-state index in [9.17, 15) is 0 Å². The first-order valence-electron chi connectivity index (χ1n) is 7.07. The van der Waals surface area contributed by atoms with Gasteiger partial charge < -0.3 is 14.8 Å². The third kappa shape index (κ3) is 4.46. The van der Waals surface area contributed by atoms with E-state index in [0.717, 1.165) is 30.2 Å². The van der Waals surface area contributed by atoms with Gasteiger partial charge in [-0.05, 0) is 43.2 Å². The molecule has 1 aromatic heterocycles. The molecule has 0 radical (unpaired) electrons. The number of nitrogens with zero attached hydrogens (tertiary/aromatic N) is 1. The number of benzene rings is 1. The number of hydrogen-bond donors (Lipinski definition) is 1. The lowest BCUT2D eigenvalue weighted by atomic mass is 10.1. The summed E-state index contributed by atoms with van der Waals surface area (Å²) in [5, 5.41) is 3.48. The highest BCUT2D eigenvalue weighted by atomic mass is 16.5. The van der Waals surface area contributed by atoms with Gasteiger partial charge in [-0.2, -0.15) is 0 Å². The van der Waals surface area contributed by atoms with Gasteiger partial charge in [-0.25, -0.2) is 0 Å². The van der Waals surface area contributed by atoms with E-state index in [1.807, 2.05) is 36.5 Å². The van der Waals surface area contributed by atoms with Crippen molar-refractivity contribution in [3.05, 3.63) is 53.9 Å². The molecular formula is C17H22N2O2. The number of hydrogen-bond acceptors (Lipinski definition) is 4. The zero-order valence-corrected chi connectivity index (χ0v) is 12.8. The average molecular weight is 286 g/mol. The van der Waals surface area contributed by atoms with Crippen molar-refractivity contribution in [3.8, 4) is 11.5 Å². The first-order valence-corrected chi connectivity index (χ1v) is 7.07. The molecule has 0 aliphatic carbocycles. The second kappa shape index (κ2) is 7.64. The Morgan fingerprint density at radius 2 is 1.90 bits per heavy atom. The Kier molecular flexibility index (Phi) is 5.58. The summed E-state index contributed by atoms with van der Waals surface area (Å²) in [4.78, 5) is 4.31. The smallest absolute Gasteiger partial charge is 0.160 e. The summed E-state index contributed by atoms with van der Waals surface area (Å²) in [5.41, 5.74) is 2.27. The van der Waals surface area contributed by atoms with Gasteiger partial charge in [0.25, 0.3) is 0 Å². The van der Waals surface area contributed by atoms with Gasteiger partial charge in [0.05, 0.1) is 19.9 Å². The number of aromatic nitrogens is 1. The van der Waals surface area contributed by atoms with E-state index in [0.29, 0.717) is 6.04 Å². The Balaban J connectivity index is 1.91. The summed E-state index contributed by atoms with van der Waals surface area (Å²) >= 11 is 0. The van der Waals surface area contributed by atoms with Crippen molar-refractivity contribution in [3.63, 3.8) is 0 Å². The van der Waals surface area contributed by atoms with Gasteiger partial charge in [0.1, 0.15) is 0 Å². The first-order chi connectivity index (χ1) is 10.2. The Morgan fingerprint density at radius 3 is 2.57 bits per heavy atom. The second-order valence-electron chi connectivity index (χ2n) is 5.00. The molecule has 1 aromatic carbocycles. The fourth-order valence-corrected chi connectivity index (χ4v) is 2.21. The predicted octanol–water partition coefficient (Wildman–Crippen LogP) is 2.82. The monoisotopic (exact) mass is 286 g/mol. The molecule has 0 spiro atoms. The summed E-state index contributed by atoms with van der Waals surface area (Å²) < 4.78 is 10.6. The van der Waals surface area contributed by atoms with E-state index in [1.54, 1.807) is 14.2 Å². The molecule has 0 fully saturated rings. The zero-order chi connectivity index (χ0) is 15.1. The highest BCUT2D eigenvalue weighted by Crippen LogP contribution is 2.27. The van der Waals surface area contributed by atoms with Crippen LogP contribution in [-0.4, -0.2) is 25.2 Å². The van der Waals surface area contributed by atoms with E-state index in [-0.39, 0.29) is 0 Å². The van der Waals surface area contributed by atoms with Crippen LogP contribution in [0.1, 0.15) is 18.2 Å². The minimum atomic E-state index is 0.352. The van der Waals surface area contributed by atoms with Gasteiger partial charge in [0.15, 0.2) is 11.5 Å². The highest BCUT2D eigenvalue weighted by Gasteiger charge is 2.08. The van der Waals surface area contributed by atoms with E-state index >= 15 is 0 Å². The van der Waals surface area contributed by atoms with Crippen molar-refractivity contribution in [2.24, 2.45) is 0 Å². The Morgan fingerprint density at radius 1 is 1.10 bits per heavy atom. The van der Waals surface area contributed by atoms with Gasteiger partial charge >= 0.3 is 0 Å². The molecule has 0 aliphatic heterocycles. The lowest BCUT2D eigenvalue weighted by molar-refractivity contribution is 0.354. The summed E-state index contributed by atoms with van der Waals surface area (Å²) in [6, 6.07) is 12.3. The van der Waals surface area contributed by atoms with E-state index in [1.165, 1.54) is 5.56 Å². The zero-order valence-electron chi connectivity index (χ0n) is 12.8. The maximum Gasteiger partial charge on any atom is 0.160 e. The largest absolute Gasteiger partial charge is 0.493 e. The quantitative estimate of drug-likeness (QED) is 0.850. The molecule has 112 valence electrons. The standard InChI is InChI=1S/C17H22N2O2/c1-13(19-12-15-6-4-5-9-18-15)10-14-7-8-16(20-2)17(11-14)21-3/h4-9,11,13,19H,10,12H2,1-3H3. The third-order valence-electron chi connectivity index (χ3n) is 3.35. The van der Waals surface area contributed by atoms with Crippen molar-refractivity contribution >= 4 is 0 Å². The summed E-state index contributed by atoms with van der Waals surface area (Å²) in [6.07, 6.45) is 2.74. The fourth-order valence-electron chi connectivity index (χ4n) is 2.21. The van der Waals surface area contributed by atoms with Crippen LogP contribution in [0.15, 0.2) is 42.6 Å². The van der Waals surface area contributed by atoms with Crippen LogP contribution in [0.2, 0.25) is 0 Å². The molecule has 1 N–H and O–H groups in total. The van der Waals surface area contributed by atoms with Crippen molar-refractivity contribution in [1.29, 1.82) is 0 Å². The van der Waals surface area contributed by atoms with Gasteiger partial charge in [0.2, 0.25) is 0 Å². The molecule has 2 rings (SSSR count). The third-order valence-corrected chi connectivity index (χ3v) is 3.35. The number of rotatable bonds is 7. The topological polar surface area (TPSA) is 43.4 Å². The average Bonchev–Trinajstić information content (AvgIpc) is 2.53. The van der Waals surface area contributed by atoms with Gasteiger partial charge in [0, 0.05) is 18.8 Å². The summed E-state index contributed by atoms with van der Waals surface area (Å²) in [5.74, 6) is 1.53. The molecule has 0 aliphatic rings. The van der Waals surface area contributed by atoms with Crippen LogP contribution < -0.4 is 14.8 Å². The Bertz CT molecular complexity index is 558. The SMILES string of the molecule is COc1ccc(CC(C)NCc2ccccn2)cc1OC. The maximum absolute atomic E-state index is 5.33. The van der Waals surface area contributed by atoms with E-state index in [2.05, 4.69) is 23.3 Å². The molecule has 1 heterocycles. The molecule has 0 amide bonds. The van der Waals surface area contributed by atoms with Gasteiger partial charge in [-0.3, -0.25) is 4.98 Å². The van der Waals surface area contributed by atoms with Crippen LogP contribution in [0, 0.1) is 0 Å². The van der Waals surface area contributed by atoms with Gasteiger partial charge in [-0.1, -0.05) is 12.1 Å². The molecule has 21 heavy (non-hydrogen) atoms. The number of pyridine rings is 1. The lowest BCUT2D eigenvalue weighted by Crippen LogP contribution is -2.27. The van der Waals surface area contributed by atoms with Gasteiger partial charge in [-0.15, -0.1) is 0 Å². The Hall–Kier alpha value is -2.07. The van der Waals surface area contributed by atoms with Crippen molar-refractivity contribution in [2.75, 3.05) is 14.2 Å². The van der Waals surface area contributed by atoms with Crippen LogP contribution >= 0.6 is 0 Å². The van der Waals surface area contributed by atoms with Crippen molar-refractivity contribution < 1.29 is 9.47 Å². The highest BCUT2D eigenvalue weighted by molar-refractivity contribution is 5.43. The Labute approximate surface area is 126 Å². The predicted molar refractivity (Wildman–Crippen MR) is 83.8 cm³/mol. The molecular weight excluding hydrogens is 264 g/mol. The van der Waals surface area contributed by atoms with Crippen LogP contribution in [0.3, 0.4) is 0 Å². The molecule has 1 atom stereocenters. The van der Waals surface area contributed by atoms with Crippen LogP contribution in [0.4, 0.5) is 0 Å². The van der Waals surface area contributed by atoms with Crippen LogP contribution in [0.25, 0.3) is 0 Å². The second-order valence-corrected chi connectivity index (χ2v) is 5.00. The van der Waals surface area contributed by atoms with Crippen LogP contribution in [0.5, 0.6) is 11.5 Å². The summed E-state index contributed by atoms with van der Waals surface area (Å²) in [6.45, 7) is 2.94. The molecule has 0 saturated heterocycles. The summed E-state index contributed by atoms with van der Waals surface area (Å²) in [7, 11) is 3.30. The maximum atomic E-state index is 5.33. The first kappa shape index (κ1) is 15.3. The normalized spacial score (nSPS) is 12.0. The number of ether oxygens (including phenoxy) is 2. The molecule has 0 saturated carbocycles. The van der Waals surface area contributed by atoms with Crippen LogP contribution in [-0.2, 0) is 13.0 Å². The van der Waals surface area contributed by atoms with E-state index < -0.39 is 0 Å². The lowest BCUT2D eigenvalue weighted by Gasteiger charge is -2.15. The molecule has 0 bridgehead atoms. The van der Waals surface area contributed by atoms with E-state index in [4.69, 9.17) is 9.47 Å². The minimum absolute atomic E-state index is 0.352. The minimum Gasteiger partial charge on any atom is -0.493 e. The van der Waals surface area contributed by atoms with Crippen molar-refractivity contribution in [1.82, 2.24) is 10.3 Å². The van der Waals surface area contributed by atoms with Crippen molar-refractivity contribution in [2.45, 2.75) is 25.9 Å². The molecule has 1 unspecified atom stereocenters. The number of nitrogens with one attached hydrogen (secondary N) is 1. The molecule has 2 aromatic rings. The number of methoxy groups -OCH3 is 2. The fraction of sp³-hybridized carbons (Fsp3) is 0.353.